The molecule has 4 heteroatoms. The molecule has 0 bridgehead atoms. The summed E-state index contributed by atoms with van der Waals surface area (Å²) >= 11 is 11.8. The van der Waals surface area contributed by atoms with Crippen LogP contribution in [0.5, 0.6) is 0 Å². The smallest absolute Gasteiger partial charge is 0.0721 e. The molecule has 0 aliphatic rings. The topological polar surface area (TPSA) is 32.3 Å². The van der Waals surface area contributed by atoms with E-state index in [1.807, 2.05) is 6.92 Å². The SMILES string of the molecule is C[C@@H](CO)Nc1c(Cl)cccc1Cl. The lowest BCUT2D eigenvalue weighted by atomic mass is 10.3. The molecule has 0 saturated carbocycles. The van der Waals surface area contributed by atoms with Gasteiger partial charge in [-0.1, -0.05) is 29.3 Å². The molecule has 0 fully saturated rings. The van der Waals surface area contributed by atoms with E-state index >= 15 is 0 Å². The van der Waals surface area contributed by atoms with E-state index in [2.05, 4.69) is 5.32 Å². The van der Waals surface area contributed by atoms with Crippen LogP contribution >= 0.6 is 23.2 Å². The van der Waals surface area contributed by atoms with Gasteiger partial charge in [0.1, 0.15) is 0 Å². The van der Waals surface area contributed by atoms with Crippen molar-refractivity contribution in [2.75, 3.05) is 11.9 Å². The van der Waals surface area contributed by atoms with Gasteiger partial charge in [-0.05, 0) is 19.1 Å². The number of nitrogens with one attached hydrogen (secondary N) is 1. The highest BCUT2D eigenvalue weighted by atomic mass is 35.5. The summed E-state index contributed by atoms with van der Waals surface area (Å²) in [5.41, 5.74) is 0.674. The van der Waals surface area contributed by atoms with E-state index in [0.717, 1.165) is 0 Å². The van der Waals surface area contributed by atoms with Crippen LogP contribution in [0, 0.1) is 0 Å². The number of benzene rings is 1. The van der Waals surface area contributed by atoms with Crippen molar-refractivity contribution >= 4 is 28.9 Å². The van der Waals surface area contributed by atoms with Gasteiger partial charge < -0.3 is 10.4 Å². The number of para-hydroxylation sites is 1. The third kappa shape index (κ3) is 2.76. The number of rotatable bonds is 3. The number of anilines is 1. The molecule has 0 unspecified atom stereocenters. The first-order chi connectivity index (χ1) is 6.15. The van der Waals surface area contributed by atoms with Crippen molar-refractivity contribution in [2.24, 2.45) is 0 Å². The second-order valence-corrected chi connectivity index (χ2v) is 3.64. The molecule has 1 rings (SSSR count). The molecule has 0 spiro atoms. The van der Waals surface area contributed by atoms with E-state index in [9.17, 15) is 0 Å². The molecule has 0 aliphatic heterocycles. The Morgan fingerprint density at radius 3 is 2.38 bits per heavy atom. The van der Waals surface area contributed by atoms with E-state index in [0.29, 0.717) is 15.7 Å². The Morgan fingerprint density at radius 2 is 1.92 bits per heavy atom. The van der Waals surface area contributed by atoms with Crippen LogP contribution in [0.2, 0.25) is 10.0 Å². The Bertz CT molecular complexity index is 271. The van der Waals surface area contributed by atoms with E-state index < -0.39 is 0 Å². The summed E-state index contributed by atoms with van der Waals surface area (Å²) in [6, 6.07) is 5.22. The van der Waals surface area contributed by atoms with Crippen molar-refractivity contribution in [2.45, 2.75) is 13.0 Å². The fourth-order valence-corrected chi connectivity index (χ4v) is 1.43. The molecule has 13 heavy (non-hydrogen) atoms. The van der Waals surface area contributed by atoms with Crippen LogP contribution in [0.1, 0.15) is 6.92 Å². The number of aliphatic hydroxyl groups is 1. The van der Waals surface area contributed by atoms with Crippen LogP contribution in [0.15, 0.2) is 18.2 Å². The Kier molecular flexibility index (Phi) is 3.85. The summed E-state index contributed by atoms with van der Waals surface area (Å²) in [6.07, 6.45) is 0. The van der Waals surface area contributed by atoms with Gasteiger partial charge in [-0.15, -0.1) is 0 Å². The average Bonchev–Trinajstić information content (AvgIpc) is 2.11. The van der Waals surface area contributed by atoms with Crippen LogP contribution in [0.3, 0.4) is 0 Å². The zero-order chi connectivity index (χ0) is 9.84. The van der Waals surface area contributed by atoms with Crippen molar-refractivity contribution in [3.63, 3.8) is 0 Å². The molecule has 0 aromatic heterocycles. The maximum atomic E-state index is 8.83. The van der Waals surface area contributed by atoms with E-state index in [4.69, 9.17) is 28.3 Å². The van der Waals surface area contributed by atoms with Gasteiger partial charge in [-0.25, -0.2) is 0 Å². The maximum absolute atomic E-state index is 8.83. The second-order valence-electron chi connectivity index (χ2n) is 2.82. The largest absolute Gasteiger partial charge is 0.394 e. The fourth-order valence-electron chi connectivity index (χ4n) is 0.928. The molecule has 0 radical (unpaired) electrons. The predicted molar refractivity (Wildman–Crippen MR) is 56.6 cm³/mol. The third-order valence-corrected chi connectivity index (χ3v) is 2.26. The van der Waals surface area contributed by atoms with Gasteiger partial charge >= 0.3 is 0 Å². The highest BCUT2D eigenvalue weighted by Crippen LogP contribution is 2.30. The summed E-state index contributed by atoms with van der Waals surface area (Å²) in [4.78, 5) is 0. The van der Waals surface area contributed by atoms with Crippen molar-refractivity contribution < 1.29 is 5.11 Å². The molecule has 72 valence electrons. The van der Waals surface area contributed by atoms with Gasteiger partial charge in [0.15, 0.2) is 0 Å². The maximum Gasteiger partial charge on any atom is 0.0721 e. The predicted octanol–water partition coefficient (Wildman–Crippen LogP) is 2.79. The van der Waals surface area contributed by atoms with Gasteiger partial charge in [-0.3, -0.25) is 0 Å². The molecule has 2 N–H and O–H groups in total. The van der Waals surface area contributed by atoms with Gasteiger partial charge in [-0.2, -0.15) is 0 Å². The van der Waals surface area contributed by atoms with Gasteiger partial charge in [0.25, 0.3) is 0 Å². The monoisotopic (exact) mass is 219 g/mol. The summed E-state index contributed by atoms with van der Waals surface area (Å²) in [6.45, 7) is 1.89. The first-order valence-electron chi connectivity index (χ1n) is 3.96. The highest BCUT2D eigenvalue weighted by Gasteiger charge is 2.07. The summed E-state index contributed by atoms with van der Waals surface area (Å²) in [5.74, 6) is 0. The molecule has 1 atom stereocenters. The summed E-state index contributed by atoms with van der Waals surface area (Å²) < 4.78 is 0. The van der Waals surface area contributed by atoms with Crippen molar-refractivity contribution in [1.29, 1.82) is 0 Å². The average molecular weight is 220 g/mol. The van der Waals surface area contributed by atoms with Crippen LogP contribution in [-0.4, -0.2) is 17.8 Å². The minimum absolute atomic E-state index is 0.0432. The first-order valence-corrected chi connectivity index (χ1v) is 4.72. The van der Waals surface area contributed by atoms with Crippen LogP contribution in [-0.2, 0) is 0 Å². The van der Waals surface area contributed by atoms with Gasteiger partial charge in [0.05, 0.1) is 22.3 Å². The van der Waals surface area contributed by atoms with Crippen LogP contribution in [0.25, 0.3) is 0 Å². The molecule has 2 nitrogen and oxygen atoms in total. The normalized spacial score (nSPS) is 12.6. The lowest BCUT2D eigenvalue weighted by Crippen LogP contribution is -2.19. The molecular weight excluding hydrogens is 209 g/mol. The lowest BCUT2D eigenvalue weighted by molar-refractivity contribution is 0.281. The molecule has 0 saturated heterocycles. The number of halogens is 2. The zero-order valence-electron chi connectivity index (χ0n) is 7.22. The lowest BCUT2D eigenvalue weighted by Gasteiger charge is -2.14. The Balaban J connectivity index is 2.87. The Hall–Kier alpha value is -0.440. The minimum Gasteiger partial charge on any atom is -0.394 e. The molecular formula is C9H11Cl2NO. The molecule has 0 aliphatic carbocycles. The Morgan fingerprint density at radius 1 is 1.38 bits per heavy atom. The van der Waals surface area contributed by atoms with Crippen molar-refractivity contribution in [1.82, 2.24) is 0 Å². The minimum atomic E-state index is -0.0580. The van der Waals surface area contributed by atoms with Crippen LogP contribution < -0.4 is 5.32 Å². The fraction of sp³-hybridized carbons (Fsp3) is 0.333. The Labute approximate surface area is 87.5 Å². The van der Waals surface area contributed by atoms with Gasteiger partial charge in [0, 0.05) is 6.04 Å². The van der Waals surface area contributed by atoms with E-state index in [-0.39, 0.29) is 12.6 Å². The van der Waals surface area contributed by atoms with Gasteiger partial charge in [0.2, 0.25) is 0 Å². The van der Waals surface area contributed by atoms with Crippen molar-refractivity contribution in [3.8, 4) is 0 Å². The van der Waals surface area contributed by atoms with Crippen molar-refractivity contribution in [3.05, 3.63) is 28.2 Å². The quantitative estimate of drug-likeness (QED) is 0.820. The highest BCUT2D eigenvalue weighted by molar-refractivity contribution is 6.39. The standard InChI is InChI=1S/C9H11Cl2NO/c1-6(5-13)12-9-7(10)3-2-4-8(9)11/h2-4,6,12-13H,5H2,1H3/t6-/m0/s1. The number of aliphatic hydroxyl groups excluding tert-OH is 1. The zero-order valence-corrected chi connectivity index (χ0v) is 8.73. The molecule has 1 aromatic carbocycles. The van der Waals surface area contributed by atoms with Crippen LogP contribution in [0.4, 0.5) is 5.69 Å². The molecule has 1 aromatic rings. The number of hydrogen-bond donors (Lipinski definition) is 2. The summed E-state index contributed by atoms with van der Waals surface area (Å²) in [7, 11) is 0. The molecule has 0 heterocycles. The number of hydrogen-bond acceptors (Lipinski definition) is 2. The van der Waals surface area contributed by atoms with E-state index in [1.165, 1.54) is 0 Å². The summed E-state index contributed by atoms with van der Waals surface area (Å²) in [5, 5.41) is 13.0. The third-order valence-electron chi connectivity index (χ3n) is 1.63. The van der Waals surface area contributed by atoms with E-state index in [1.54, 1.807) is 18.2 Å². The first kappa shape index (κ1) is 10.6. The second kappa shape index (κ2) is 4.70. The molecule has 0 amide bonds.